The summed E-state index contributed by atoms with van der Waals surface area (Å²) in [6, 6.07) is 6.42. The van der Waals surface area contributed by atoms with Gasteiger partial charge in [0.2, 0.25) is 5.91 Å². The number of nitrogens with one attached hydrogen (secondary N) is 1. The van der Waals surface area contributed by atoms with E-state index in [0.717, 1.165) is 42.7 Å². The molecule has 2 heteroatoms. The number of amides is 1. The molecule has 0 radical (unpaired) electrons. The Kier molecular flexibility index (Phi) is 4.18. The maximum absolute atomic E-state index is 12.9. The van der Waals surface area contributed by atoms with E-state index in [1.165, 1.54) is 49.7 Å². The molecule has 1 aromatic carbocycles. The summed E-state index contributed by atoms with van der Waals surface area (Å²) in [4.78, 5) is 12.9. The number of hydrogen-bond donors (Lipinski definition) is 1. The zero-order chi connectivity index (χ0) is 16.7. The van der Waals surface area contributed by atoms with Gasteiger partial charge >= 0.3 is 0 Å². The number of rotatable bonds is 5. The van der Waals surface area contributed by atoms with Gasteiger partial charge in [-0.25, -0.2) is 0 Å². The Morgan fingerprint density at radius 1 is 1.00 bits per heavy atom. The molecule has 4 aliphatic carbocycles. The van der Waals surface area contributed by atoms with Crippen LogP contribution in [0.5, 0.6) is 0 Å². The van der Waals surface area contributed by atoms with Crippen LogP contribution in [-0.4, -0.2) is 5.91 Å². The Morgan fingerprint density at radius 3 is 1.96 bits per heavy atom. The second kappa shape index (κ2) is 6.20. The lowest BCUT2D eigenvalue weighted by Gasteiger charge is -2.56. The molecule has 4 fully saturated rings. The Hall–Kier alpha value is -1.31. The van der Waals surface area contributed by atoms with Gasteiger partial charge in [-0.2, -0.15) is 0 Å². The summed E-state index contributed by atoms with van der Waals surface area (Å²) in [5.74, 6) is 3.00. The van der Waals surface area contributed by atoms with Crippen molar-refractivity contribution < 1.29 is 4.79 Å². The fraction of sp³-hybridized carbons (Fsp3) is 0.682. The lowest BCUT2D eigenvalue weighted by Crippen LogP contribution is -2.47. The maximum Gasteiger partial charge on any atom is 0.224 e. The lowest BCUT2D eigenvalue weighted by molar-refractivity contribution is -0.124. The van der Waals surface area contributed by atoms with Crippen LogP contribution in [0.1, 0.15) is 69.9 Å². The largest absolute Gasteiger partial charge is 0.326 e. The van der Waals surface area contributed by atoms with Crippen molar-refractivity contribution in [2.45, 2.75) is 71.6 Å². The monoisotopic (exact) mass is 325 g/mol. The molecular formula is C22H31NO. The third kappa shape index (κ3) is 2.89. The standard InChI is InChI=1S/C22H31NO/c1-3-18-6-5-7-19(4-2)21(18)23-20(24)14-22-11-15-8-16(12-22)10-17(9-15)13-22/h5-7,15-17H,3-4,8-14H2,1-2H3,(H,23,24). The van der Waals surface area contributed by atoms with Crippen molar-refractivity contribution in [1.29, 1.82) is 0 Å². The summed E-state index contributed by atoms with van der Waals surface area (Å²) < 4.78 is 0. The molecule has 0 aromatic heterocycles. The molecule has 0 aliphatic heterocycles. The molecule has 4 saturated carbocycles. The molecule has 1 aromatic rings. The molecule has 4 aliphatic rings. The third-order valence-electron chi connectivity index (χ3n) is 6.96. The van der Waals surface area contributed by atoms with Gasteiger partial charge in [0, 0.05) is 12.1 Å². The minimum Gasteiger partial charge on any atom is -0.326 e. The molecule has 1 N–H and O–H groups in total. The molecule has 130 valence electrons. The average molecular weight is 325 g/mol. The summed E-state index contributed by atoms with van der Waals surface area (Å²) in [5, 5.41) is 3.32. The van der Waals surface area contributed by atoms with Gasteiger partial charge in [0.1, 0.15) is 0 Å². The quantitative estimate of drug-likeness (QED) is 0.776. The SMILES string of the molecule is CCc1cccc(CC)c1NC(=O)CC12CC3CC(CC(C3)C1)C2. The topological polar surface area (TPSA) is 29.1 Å². The molecule has 0 atom stereocenters. The highest BCUT2D eigenvalue weighted by Gasteiger charge is 2.51. The highest BCUT2D eigenvalue weighted by atomic mass is 16.1. The van der Waals surface area contributed by atoms with Crippen LogP contribution in [0.25, 0.3) is 0 Å². The minimum atomic E-state index is 0.257. The van der Waals surface area contributed by atoms with E-state index < -0.39 is 0 Å². The number of aryl methyl sites for hydroxylation is 2. The summed E-state index contributed by atoms with van der Waals surface area (Å²) in [6.45, 7) is 4.34. The first-order chi connectivity index (χ1) is 11.6. The maximum atomic E-state index is 12.9. The Bertz CT molecular complexity index is 575. The smallest absolute Gasteiger partial charge is 0.224 e. The van der Waals surface area contributed by atoms with Crippen molar-refractivity contribution in [2.24, 2.45) is 23.2 Å². The summed E-state index contributed by atoms with van der Waals surface area (Å²) in [7, 11) is 0. The van der Waals surface area contributed by atoms with Gasteiger partial charge in [-0.05, 0) is 85.7 Å². The van der Waals surface area contributed by atoms with Gasteiger partial charge in [-0.3, -0.25) is 4.79 Å². The molecule has 0 heterocycles. The second-order valence-electron chi connectivity index (χ2n) is 8.80. The van der Waals surface area contributed by atoms with Crippen LogP contribution in [0.15, 0.2) is 18.2 Å². The van der Waals surface area contributed by atoms with Crippen LogP contribution in [-0.2, 0) is 17.6 Å². The van der Waals surface area contributed by atoms with Crippen LogP contribution < -0.4 is 5.32 Å². The van der Waals surface area contributed by atoms with E-state index in [4.69, 9.17) is 0 Å². The number of anilines is 1. The van der Waals surface area contributed by atoms with E-state index >= 15 is 0 Å². The molecule has 5 rings (SSSR count). The number of carbonyl (C=O) groups is 1. The normalized spacial score (nSPS) is 33.7. The van der Waals surface area contributed by atoms with Gasteiger partial charge in [-0.1, -0.05) is 32.0 Å². The van der Waals surface area contributed by atoms with Crippen LogP contribution in [0.4, 0.5) is 5.69 Å². The number of benzene rings is 1. The molecule has 0 spiro atoms. The van der Waals surface area contributed by atoms with Crippen LogP contribution in [0.2, 0.25) is 0 Å². The van der Waals surface area contributed by atoms with Gasteiger partial charge < -0.3 is 5.32 Å². The first-order valence-electron chi connectivity index (χ1n) is 10.0. The van der Waals surface area contributed by atoms with Gasteiger partial charge in [0.15, 0.2) is 0 Å². The Balaban J connectivity index is 1.50. The minimum absolute atomic E-state index is 0.257. The van der Waals surface area contributed by atoms with Crippen LogP contribution in [0, 0.1) is 23.2 Å². The lowest BCUT2D eigenvalue weighted by atomic mass is 9.49. The molecule has 0 saturated heterocycles. The van der Waals surface area contributed by atoms with Crippen molar-refractivity contribution in [1.82, 2.24) is 0 Å². The molecule has 0 unspecified atom stereocenters. The van der Waals surface area contributed by atoms with E-state index in [-0.39, 0.29) is 5.91 Å². The Morgan fingerprint density at radius 2 is 1.50 bits per heavy atom. The van der Waals surface area contributed by atoms with Crippen LogP contribution in [0.3, 0.4) is 0 Å². The zero-order valence-corrected chi connectivity index (χ0v) is 15.2. The van der Waals surface area contributed by atoms with Crippen LogP contribution >= 0.6 is 0 Å². The molecule has 24 heavy (non-hydrogen) atoms. The van der Waals surface area contributed by atoms with E-state index in [0.29, 0.717) is 5.41 Å². The fourth-order valence-electron chi connectivity index (χ4n) is 6.43. The third-order valence-corrected chi connectivity index (χ3v) is 6.96. The number of para-hydroxylation sites is 1. The molecule has 2 nitrogen and oxygen atoms in total. The summed E-state index contributed by atoms with van der Waals surface area (Å²) in [5.41, 5.74) is 3.96. The predicted molar refractivity (Wildman–Crippen MR) is 99.0 cm³/mol. The zero-order valence-electron chi connectivity index (χ0n) is 15.2. The number of hydrogen-bond acceptors (Lipinski definition) is 1. The first-order valence-corrected chi connectivity index (χ1v) is 10.0. The molecular weight excluding hydrogens is 294 g/mol. The van der Waals surface area contributed by atoms with Gasteiger partial charge in [0.05, 0.1) is 0 Å². The number of carbonyl (C=O) groups excluding carboxylic acids is 1. The van der Waals surface area contributed by atoms with Gasteiger partial charge in [0.25, 0.3) is 0 Å². The van der Waals surface area contributed by atoms with Crippen molar-refractivity contribution in [3.63, 3.8) is 0 Å². The molecule has 4 bridgehead atoms. The van der Waals surface area contributed by atoms with Crippen molar-refractivity contribution in [3.8, 4) is 0 Å². The molecule has 1 amide bonds. The highest BCUT2D eigenvalue weighted by molar-refractivity contribution is 5.93. The summed E-state index contributed by atoms with van der Waals surface area (Å²) in [6.07, 6.45) is 10.9. The summed E-state index contributed by atoms with van der Waals surface area (Å²) >= 11 is 0. The van der Waals surface area contributed by atoms with E-state index in [1.807, 2.05) is 0 Å². The van der Waals surface area contributed by atoms with Crippen molar-refractivity contribution >= 4 is 11.6 Å². The van der Waals surface area contributed by atoms with E-state index in [1.54, 1.807) is 0 Å². The highest BCUT2D eigenvalue weighted by Crippen LogP contribution is 2.61. The first kappa shape index (κ1) is 16.2. The fourth-order valence-corrected chi connectivity index (χ4v) is 6.43. The van der Waals surface area contributed by atoms with Crippen molar-refractivity contribution in [3.05, 3.63) is 29.3 Å². The van der Waals surface area contributed by atoms with Gasteiger partial charge in [-0.15, -0.1) is 0 Å². The average Bonchev–Trinajstić information content (AvgIpc) is 2.53. The van der Waals surface area contributed by atoms with E-state index in [9.17, 15) is 4.79 Å². The van der Waals surface area contributed by atoms with E-state index in [2.05, 4.69) is 37.4 Å². The predicted octanol–water partition coefficient (Wildman–Crippen LogP) is 5.36. The van der Waals surface area contributed by atoms with Crippen molar-refractivity contribution in [2.75, 3.05) is 5.32 Å². The Labute approximate surface area is 146 Å². The second-order valence-corrected chi connectivity index (χ2v) is 8.80.